The van der Waals surface area contributed by atoms with Gasteiger partial charge in [-0.2, -0.15) is 5.10 Å². The lowest BCUT2D eigenvalue weighted by Crippen LogP contribution is -2.49. The zero-order valence-corrected chi connectivity index (χ0v) is 14.5. The minimum atomic E-state index is 0.169. The van der Waals surface area contributed by atoms with Gasteiger partial charge in [0.1, 0.15) is 5.75 Å². The molecule has 0 radical (unpaired) electrons. The van der Waals surface area contributed by atoms with Gasteiger partial charge >= 0.3 is 0 Å². The van der Waals surface area contributed by atoms with Gasteiger partial charge in [0.2, 0.25) is 5.91 Å². The van der Waals surface area contributed by atoms with Gasteiger partial charge in [0.15, 0.2) is 0 Å². The van der Waals surface area contributed by atoms with Crippen molar-refractivity contribution in [2.24, 2.45) is 0 Å². The standard InChI is InChI=1S/C18H24N4O2/c1-13-15(14(2)20-19-13)12-18(23)22-10-8-21(9-11-22)16-6-4-5-7-17(16)24-3/h4-7H,8-12H2,1-3H3,(H,19,20). The van der Waals surface area contributed by atoms with Crippen LogP contribution in [0.2, 0.25) is 0 Å². The Bertz CT molecular complexity index is 698. The van der Waals surface area contributed by atoms with Crippen LogP contribution in [0.3, 0.4) is 0 Å². The monoisotopic (exact) mass is 328 g/mol. The fraction of sp³-hybridized carbons (Fsp3) is 0.444. The van der Waals surface area contributed by atoms with E-state index in [1.165, 1.54) is 0 Å². The first kappa shape index (κ1) is 16.4. The van der Waals surface area contributed by atoms with Gasteiger partial charge in [-0.05, 0) is 26.0 Å². The number of aromatic amines is 1. The minimum Gasteiger partial charge on any atom is -0.495 e. The number of ether oxygens (including phenoxy) is 1. The molecule has 1 amide bonds. The lowest BCUT2D eigenvalue weighted by molar-refractivity contribution is -0.130. The van der Waals surface area contributed by atoms with Crippen molar-refractivity contribution in [3.05, 3.63) is 41.2 Å². The van der Waals surface area contributed by atoms with Crippen LogP contribution in [-0.2, 0) is 11.2 Å². The molecule has 6 nitrogen and oxygen atoms in total. The number of nitrogens with one attached hydrogen (secondary N) is 1. The number of aromatic nitrogens is 2. The molecule has 24 heavy (non-hydrogen) atoms. The lowest BCUT2D eigenvalue weighted by atomic mass is 10.1. The van der Waals surface area contributed by atoms with E-state index in [0.29, 0.717) is 6.42 Å². The quantitative estimate of drug-likeness (QED) is 0.931. The molecule has 1 aromatic heterocycles. The zero-order chi connectivity index (χ0) is 17.1. The number of anilines is 1. The van der Waals surface area contributed by atoms with Crippen molar-refractivity contribution < 1.29 is 9.53 Å². The maximum Gasteiger partial charge on any atom is 0.227 e. The molecule has 0 atom stereocenters. The van der Waals surface area contributed by atoms with Gasteiger partial charge in [-0.3, -0.25) is 9.89 Å². The van der Waals surface area contributed by atoms with E-state index in [-0.39, 0.29) is 5.91 Å². The van der Waals surface area contributed by atoms with Crippen LogP contribution < -0.4 is 9.64 Å². The largest absolute Gasteiger partial charge is 0.495 e. The van der Waals surface area contributed by atoms with Gasteiger partial charge in [0.25, 0.3) is 0 Å². The zero-order valence-electron chi connectivity index (χ0n) is 14.5. The molecule has 1 fully saturated rings. The number of benzene rings is 1. The Morgan fingerprint density at radius 3 is 2.54 bits per heavy atom. The van der Waals surface area contributed by atoms with Crippen LogP contribution in [0.4, 0.5) is 5.69 Å². The number of aryl methyl sites for hydroxylation is 2. The molecule has 0 saturated carbocycles. The molecule has 0 bridgehead atoms. The maximum absolute atomic E-state index is 12.6. The van der Waals surface area contributed by atoms with Crippen molar-refractivity contribution in [3.63, 3.8) is 0 Å². The van der Waals surface area contributed by atoms with Crippen LogP contribution in [0, 0.1) is 13.8 Å². The Kier molecular flexibility index (Phi) is 4.74. The normalized spacial score (nSPS) is 14.8. The van der Waals surface area contributed by atoms with E-state index in [1.54, 1.807) is 7.11 Å². The first-order valence-electron chi connectivity index (χ1n) is 8.26. The number of hydrogen-bond acceptors (Lipinski definition) is 4. The van der Waals surface area contributed by atoms with E-state index in [0.717, 1.165) is 54.6 Å². The van der Waals surface area contributed by atoms with E-state index >= 15 is 0 Å². The highest BCUT2D eigenvalue weighted by molar-refractivity contribution is 5.79. The molecule has 2 aromatic rings. The Hall–Kier alpha value is -2.50. The minimum absolute atomic E-state index is 0.169. The fourth-order valence-corrected chi connectivity index (χ4v) is 3.19. The second kappa shape index (κ2) is 6.95. The summed E-state index contributed by atoms with van der Waals surface area (Å²) < 4.78 is 5.44. The number of H-pyrrole nitrogens is 1. The van der Waals surface area contributed by atoms with Crippen LogP contribution in [-0.4, -0.2) is 54.3 Å². The molecule has 1 aliphatic heterocycles. The molecule has 1 saturated heterocycles. The molecule has 128 valence electrons. The first-order chi connectivity index (χ1) is 11.6. The van der Waals surface area contributed by atoms with Gasteiger partial charge in [-0.25, -0.2) is 0 Å². The predicted molar refractivity (Wildman–Crippen MR) is 93.6 cm³/mol. The molecular weight excluding hydrogens is 304 g/mol. The SMILES string of the molecule is COc1ccccc1N1CCN(C(=O)Cc2c(C)n[nH]c2C)CC1. The third kappa shape index (κ3) is 3.22. The van der Waals surface area contributed by atoms with Crippen molar-refractivity contribution in [2.45, 2.75) is 20.3 Å². The molecule has 1 aliphatic rings. The number of hydrogen-bond donors (Lipinski definition) is 1. The summed E-state index contributed by atoms with van der Waals surface area (Å²) in [4.78, 5) is 16.8. The average Bonchev–Trinajstić information content (AvgIpc) is 2.93. The second-order valence-corrected chi connectivity index (χ2v) is 6.13. The molecule has 3 rings (SSSR count). The number of rotatable bonds is 4. The molecule has 0 spiro atoms. The van der Waals surface area contributed by atoms with Gasteiger partial charge in [-0.15, -0.1) is 0 Å². The van der Waals surface area contributed by atoms with Crippen molar-refractivity contribution in [1.29, 1.82) is 0 Å². The third-order valence-corrected chi connectivity index (χ3v) is 4.67. The van der Waals surface area contributed by atoms with Gasteiger partial charge < -0.3 is 14.5 Å². The summed E-state index contributed by atoms with van der Waals surface area (Å²) in [7, 11) is 1.69. The number of methoxy groups -OCH3 is 1. The Balaban J connectivity index is 1.61. The average molecular weight is 328 g/mol. The molecular formula is C18H24N4O2. The molecule has 0 aliphatic carbocycles. The Morgan fingerprint density at radius 1 is 1.21 bits per heavy atom. The highest BCUT2D eigenvalue weighted by atomic mass is 16.5. The highest BCUT2D eigenvalue weighted by Crippen LogP contribution is 2.28. The number of piperazine rings is 1. The summed E-state index contributed by atoms with van der Waals surface area (Å²) in [5.74, 6) is 1.05. The van der Waals surface area contributed by atoms with E-state index in [1.807, 2.05) is 36.9 Å². The van der Waals surface area contributed by atoms with Crippen molar-refractivity contribution >= 4 is 11.6 Å². The number of carbonyl (C=O) groups excluding carboxylic acids is 1. The van der Waals surface area contributed by atoms with Crippen LogP contribution in [0.5, 0.6) is 5.75 Å². The van der Waals surface area contributed by atoms with Crippen molar-refractivity contribution in [3.8, 4) is 5.75 Å². The lowest BCUT2D eigenvalue weighted by Gasteiger charge is -2.36. The van der Waals surface area contributed by atoms with Crippen molar-refractivity contribution in [2.75, 3.05) is 38.2 Å². The smallest absolute Gasteiger partial charge is 0.227 e. The molecule has 1 N–H and O–H groups in total. The van der Waals surface area contributed by atoms with Gasteiger partial charge in [0, 0.05) is 37.4 Å². The maximum atomic E-state index is 12.6. The number of carbonyl (C=O) groups is 1. The summed E-state index contributed by atoms with van der Waals surface area (Å²) in [6.07, 6.45) is 0.419. The molecule has 0 unspecified atom stereocenters. The Morgan fingerprint density at radius 2 is 1.92 bits per heavy atom. The van der Waals surface area contributed by atoms with Crippen LogP contribution in [0.25, 0.3) is 0 Å². The summed E-state index contributed by atoms with van der Waals surface area (Å²) in [6, 6.07) is 8.02. The van der Waals surface area contributed by atoms with Crippen molar-refractivity contribution in [1.82, 2.24) is 15.1 Å². The topological polar surface area (TPSA) is 61.5 Å². The fourth-order valence-electron chi connectivity index (χ4n) is 3.19. The molecule has 2 heterocycles. The van der Waals surface area contributed by atoms with Gasteiger partial charge in [0.05, 0.1) is 24.9 Å². The molecule has 1 aromatic carbocycles. The van der Waals surface area contributed by atoms with E-state index in [9.17, 15) is 4.79 Å². The molecule has 6 heteroatoms. The van der Waals surface area contributed by atoms with E-state index in [4.69, 9.17) is 4.74 Å². The first-order valence-corrected chi connectivity index (χ1v) is 8.26. The second-order valence-electron chi connectivity index (χ2n) is 6.13. The van der Waals surface area contributed by atoms with Gasteiger partial charge in [-0.1, -0.05) is 12.1 Å². The summed E-state index contributed by atoms with van der Waals surface area (Å²) >= 11 is 0. The van der Waals surface area contributed by atoms with Crippen LogP contribution in [0.1, 0.15) is 17.0 Å². The third-order valence-electron chi connectivity index (χ3n) is 4.67. The number of nitrogens with zero attached hydrogens (tertiary/aromatic N) is 3. The van der Waals surface area contributed by atoms with Crippen LogP contribution in [0.15, 0.2) is 24.3 Å². The van der Waals surface area contributed by atoms with E-state index in [2.05, 4.69) is 21.2 Å². The highest BCUT2D eigenvalue weighted by Gasteiger charge is 2.24. The van der Waals surface area contributed by atoms with Crippen LogP contribution >= 0.6 is 0 Å². The summed E-state index contributed by atoms with van der Waals surface area (Å²) in [6.45, 7) is 6.98. The Labute approximate surface area is 142 Å². The van der Waals surface area contributed by atoms with E-state index < -0.39 is 0 Å². The summed E-state index contributed by atoms with van der Waals surface area (Å²) in [5, 5.41) is 7.11. The predicted octanol–water partition coefficient (Wildman–Crippen LogP) is 1.93. The number of amides is 1. The summed E-state index contributed by atoms with van der Waals surface area (Å²) in [5.41, 5.74) is 4.00. The number of para-hydroxylation sites is 2.